The van der Waals surface area contributed by atoms with Crippen molar-refractivity contribution in [2.24, 2.45) is 5.73 Å². The number of rotatable bonds is 11. The normalized spacial score (nSPS) is 14.1. The topological polar surface area (TPSA) is 132 Å². The summed E-state index contributed by atoms with van der Waals surface area (Å²) in [6.45, 7) is 4.50. The third-order valence-electron chi connectivity index (χ3n) is 1.98. The fourth-order valence-electron chi connectivity index (χ4n) is 1.12. The summed E-state index contributed by atoms with van der Waals surface area (Å²) in [5, 5.41) is 3.03. The maximum atomic E-state index is 11.4. The van der Waals surface area contributed by atoms with Crippen molar-refractivity contribution in [3.8, 4) is 0 Å². The molecule has 0 aliphatic carbocycles. The number of nitrogens with one attached hydrogen (secondary N) is 2. The molecule has 0 rings (SSSR count). The number of hydrogen-bond donors (Lipinski definition) is 5. The highest BCUT2D eigenvalue weighted by Crippen LogP contribution is 2.41. The lowest BCUT2D eigenvalue weighted by Gasteiger charge is -2.12. The molecule has 0 saturated heterocycles. The van der Waals surface area contributed by atoms with Crippen LogP contribution in [0.2, 0.25) is 0 Å². The second-order valence-electron chi connectivity index (χ2n) is 3.59. The monoisotopic (exact) mass is 270 g/mol. The Hall–Kier alpha value is -0.0100. The molecular formula is C9H27N4O3P. The van der Waals surface area contributed by atoms with Gasteiger partial charge >= 0.3 is 7.60 Å². The van der Waals surface area contributed by atoms with Gasteiger partial charge in [0, 0.05) is 26.2 Å². The quantitative estimate of drug-likeness (QED) is 0.211. The average molecular weight is 270 g/mol. The molecule has 1 atom stereocenters. The zero-order valence-corrected chi connectivity index (χ0v) is 11.5. The van der Waals surface area contributed by atoms with Crippen molar-refractivity contribution in [3.63, 3.8) is 0 Å². The van der Waals surface area contributed by atoms with Crippen molar-refractivity contribution in [1.29, 1.82) is 0 Å². The molecule has 0 aromatic heterocycles. The molecule has 17 heavy (non-hydrogen) atoms. The van der Waals surface area contributed by atoms with Gasteiger partial charge in [0.2, 0.25) is 0 Å². The van der Waals surface area contributed by atoms with Gasteiger partial charge in [0.1, 0.15) is 0 Å². The van der Waals surface area contributed by atoms with Gasteiger partial charge in [-0.1, -0.05) is 19.8 Å². The van der Waals surface area contributed by atoms with Gasteiger partial charge in [-0.05, 0) is 6.42 Å². The second kappa shape index (κ2) is 12.4. The van der Waals surface area contributed by atoms with Gasteiger partial charge in [-0.3, -0.25) is 4.57 Å². The Morgan fingerprint density at radius 1 is 1.29 bits per heavy atom. The minimum absolute atomic E-state index is 0. The lowest BCUT2D eigenvalue weighted by atomic mass is 10.3. The maximum absolute atomic E-state index is 11.4. The molecule has 0 aliphatic rings. The molecule has 8 heteroatoms. The van der Waals surface area contributed by atoms with E-state index in [1.54, 1.807) is 0 Å². The molecule has 0 spiro atoms. The SMILES string of the molecule is CCCCCP(=O)(O)ONCCNCCN.N. The summed E-state index contributed by atoms with van der Waals surface area (Å²) in [5.41, 5.74) is 7.78. The maximum Gasteiger partial charge on any atom is 0.344 e. The smallest absolute Gasteiger partial charge is 0.344 e. The van der Waals surface area contributed by atoms with Crippen LogP contribution in [0, 0.1) is 0 Å². The minimum atomic E-state index is -3.44. The molecule has 7 nitrogen and oxygen atoms in total. The lowest BCUT2D eigenvalue weighted by molar-refractivity contribution is 0.166. The van der Waals surface area contributed by atoms with Crippen molar-refractivity contribution in [2.75, 3.05) is 32.3 Å². The number of nitrogens with two attached hydrogens (primary N) is 1. The van der Waals surface area contributed by atoms with E-state index in [1.165, 1.54) is 0 Å². The number of hydrogen-bond acceptors (Lipinski definition) is 6. The molecule has 0 aromatic carbocycles. The summed E-state index contributed by atoms with van der Waals surface area (Å²) in [4.78, 5) is 9.37. The summed E-state index contributed by atoms with van der Waals surface area (Å²) in [7, 11) is -3.44. The zero-order valence-electron chi connectivity index (χ0n) is 10.7. The predicted octanol–water partition coefficient (Wildman–Crippen LogP) is 0.594. The number of hydroxylamine groups is 1. The fourth-order valence-corrected chi connectivity index (χ4v) is 2.13. The van der Waals surface area contributed by atoms with Crippen LogP contribution < -0.4 is 22.7 Å². The van der Waals surface area contributed by atoms with E-state index in [1.807, 2.05) is 6.92 Å². The Morgan fingerprint density at radius 3 is 2.59 bits per heavy atom. The van der Waals surface area contributed by atoms with E-state index in [0.717, 1.165) is 25.8 Å². The van der Waals surface area contributed by atoms with Crippen LogP contribution >= 0.6 is 7.60 Å². The van der Waals surface area contributed by atoms with E-state index in [2.05, 4.69) is 10.8 Å². The van der Waals surface area contributed by atoms with Crippen molar-refractivity contribution in [3.05, 3.63) is 0 Å². The lowest BCUT2D eigenvalue weighted by Crippen LogP contribution is -2.30. The van der Waals surface area contributed by atoms with Crippen LogP contribution in [-0.4, -0.2) is 37.2 Å². The van der Waals surface area contributed by atoms with Crippen LogP contribution in [0.4, 0.5) is 0 Å². The third kappa shape index (κ3) is 13.9. The van der Waals surface area contributed by atoms with Gasteiger partial charge in [-0.25, -0.2) is 4.62 Å². The van der Waals surface area contributed by atoms with Crippen LogP contribution in [0.5, 0.6) is 0 Å². The van der Waals surface area contributed by atoms with E-state index in [-0.39, 0.29) is 12.3 Å². The van der Waals surface area contributed by atoms with Gasteiger partial charge in [-0.2, -0.15) is 5.48 Å². The highest BCUT2D eigenvalue weighted by molar-refractivity contribution is 7.52. The van der Waals surface area contributed by atoms with Crippen molar-refractivity contribution < 1.29 is 14.1 Å². The van der Waals surface area contributed by atoms with Gasteiger partial charge in [0.05, 0.1) is 6.16 Å². The Bertz CT molecular complexity index is 207. The summed E-state index contributed by atoms with van der Waals surface area (Å²) in [6.07, 6.45) is 2.91. The molecular weight excluding hydrogens is 243 g/mol. The van der Waals surface area contributed by atoms with Crippen LogP contribution in [0.1, 0.15) is 26.2 Å². The van der Waals surface area contributed by atoms with Crippen molar-refractivity contribution in [2.45, 2.75) is 26.2 Å². The molecule has 0 fully saturated rings. The fraction of sp³-hybridized carbons (Fsp3) is 1.00. The first kappa shape index (κ1) is 19.3. The zero-order chi connectivity index (χ0) is 12.3. The van der Waals surface area contributed by atoms with E-state index in [4.69, 9.17) is 10.4 Å². The van der Waals surface area contributed by atoms with Crippen LogP contribution in [-0.2, 0) is 9.19 Å². The van der Waals surface area contributed by atoms with Gasteiger partial charge in [0.15, 0.2) is 0 Å². The third-order valence-corrected chi connectivity index (χ3v) is 3.27. The van der Waals surface area contributed by atoms with E-state index in [9.17, 15) is 9.46 Å². The Labute approximate surface area is 104 Å². The average Bonchev–Trinajstić information content (AvgIpc) is 2.23. The first-order chi connectivity index (χ1) is 7.62. The molecule has 0 saturated carbocycles. The summed E-state index contributed by atoms with van der Waals surface area (Å²) < 4.78 is 16.2. The molecule has 106 valence electrons. The molecule has 0 bridgehead atoms. The second-order valence-corrected chi connectivity index (χ2v) is 5.50. The van der Waals surface area contributed by atoms with E-state index >= 15 is 0 Å². The van der Waals surface area contributed by atoms with E-state index < -0.39 is 7.60 Å². The first-order valence-corrected chi connectivity index (χ1v) is 7.52. The van der Waals surface area contributed by atoms with Crippen molar-refractivity contribution in [1.82, 2.24) is 16.9 Å². The van der Waals surface area contributed by atoms with Crippen LogP contribution in [0.3, 0.4) is 0 Å². The highest BCUT2D eigenvalue weighted by atomic mass is 31.2. The molecule has 1 unspecified atom stereocenters. The summed E-state index contributed by atoms with van der Waals surface area (Å²) in [6, 6.07) is 0. The predicted molar refractivity (Wildman–Crippen MR) is 70.3 cm³/mol. The standard InChI is InChI=1S/C9H24N3O3P.H3N/c1-2-3-4-9-16(13,14)15-12-8-7-11-6-5-10;/h11-12H,2-10H2,1H3,(H,13,14);1H3. The number of unbranched alkanes of at least 4 members (excludes halogenated alkanes) is 2. The Balaban J connectivity index is 0. The Morgan fingerprint density at radius 2 is 2.00 bits per heavy atom. The summed E-state index contributed by atoms with van der Waals surface area (Å²) in [5.74, 6) is 0. The molecule has 0 aromatic rings. The van der Waals surface area contributed by atoms with Crippen LogP contribution in [0.15, 0.2) is 0 Å². The van der Waals surface area contributed by atoms with Gasteiger partial charge in [0.25, 0.3) is 0 Å². The molecule has 0 amide bonds. The highest BCUT2D eigenvalue weighted by Gasteiger charge is 2.18. The summed E-state index contributed by atoms with van der Waals surface area (Å²) >= 11 is 0. The van der Waals surface area contributed by atoms with E-state index in [0.29, 0.717) is 19.6 Å². The van der Waals surface area contributed by atoms with Crippen LogP contribution in [0.25, 0.3) is 0 Å². The molecule has 0 aliphatic heterocycles. The Kier molecular flexibility index (Phi) is 14.2. The largest absolute Gasteiger partial charge is 0.344 e. The van der Waals surface area contributed by atoms with Gasteiger partial charge < -0.3 is 22.1 Å². The molecule has 8 N–H and O–H groups in total. The minimum Gasteiger partial charge on any atom is -0.344 e. The van der Waals surface area contributed by atoms with Crippen molar-refractivity contribution >= 4 is 7.60 Å². The molecule has 0 heterocycles. The first-order valence-electron chi connectivity index (χ1n) is 5.76. The molecule has 0 radical (unpaired) electrons. The van der Waals surface area contributed by atoms with Gasteiger partial charge in [-0.15, -0.1) is 0 Å².